The fourth-order valence-electron chi connectivity index (χ4n) is 0.776. The molecule has 0 radical (unpaired) electrons. The monoisotopic (exact) mass is 113 g/mol. The minimum absolute atomic E-state index is 0.542. The Morgan fingerprint density at radius 2 is 2.12 bits per heavy atom. The Labute approximate surface area is 51.6 Å². The summed E-state index contributed by atoms with van der Waals surface area (Å²) in [4.78, 5) is 0. The average molecular weight is 113 g/mol. The molecule has 48 valence electrons. The molecule has 0 fully saturated rings. The van der Waals surface area contributed by atoms with Gasteiger partial charge in [-0.1, -0.05) is 20.3 Å². The van der Waals surface area contributed by atoms with Gasteiger partial charge in [0, 0.05) is 0 Å². The first-order valence-corrected chi connectivity index (χ1v) is 3.35. The van der Waals surface area contributed by atoms with Crippen molar-refractivity contribution in [2.24, 2.45) is 5.92 Å². The number of nitrogens with one attached hydrogen (secondary N) is 1. The Bertz CT molecular complexity index is 59.4. The molecule has 0 aliphatic rings. The molecule has 0 rings (SSSR count). The number of rotatable bonds is 4. The normalized spacial score (nSPS) is 13.2. The highest BCUT2D eigenvalue weighted by Crippen LogP contribution is 2.05. The fourth-order valence-corrected chi connectivity index (χ4v) is 0.776. The SMILES string of the molecule is CCCC(C=N)CC. The summed E-state index contributed by atoms with van der Waals surface area (Å²) in [6.45, 7) is 4.29. The second-order valence-corrected chi connectivity index (χ2v) is 2.12. The van der Waals surface area contributed by atoms with Crippen LogP contribution in [0.15, 0.2) is 0 Å². The van der Waals surface area contributed by atoms with Gasteiger partial charge in [-0.05, 0) is 25.0 Å². The van der Waals surface area contributed by atoms with Gasteiger partial charge in [0.2, 0.25) is 0 Å². The molecule has 0 bridgehead atoms. The lowest BCUT2D eigenvalue weighted by molar-refractivity contribution is 0.603. The summed E-state index contributed by atoms with van der Waals surface area (Å²) in [7, 11) is 0. The van der Waals surface area contributed by atoms with E-state index in [1.807, 2.05) is 0 Å². The molecule has 1 atom stereocenters. The third-order valence-electron chi connectivity index (χ3n) is 1.42. The molecule has 0 aliphatic heterocycles. The van der Waals surface area contributed by atoms with Crippen LogP contribution in [0.1, 0.15) is 33.1 Å². The van der Waals surface area contributed by atoms with Gasteiger partial charge in [0.1, 0.15) is 0 Å². The molecule has 0 aromatic heterocycles. The lowest BCUT2D eigenvalue weighted by Crippen LogP contribution is -1.97. The van der Waals surface area contributed by atoms with Crippen molar-refractivity contribution in [2.45, 2.75) is 33.1 Å². The third-order valence-corrected chi connectivity index (χ3v) is 1.42. The molecule has 1 nitrogen and oxygen atoms in total. The molecule has 1 unspecified atom stereocenters. The zero-order chi connectivity index (χ0) is 6.41. The van der Waals surface area contributed by atoms with Crippen LogP contribution < -0.4 is 0 Å². The summed E-state index contributed by atoms with van der Waals surface area (Å²) in [6.07, 6.45) is 5.06. The van der Waals surface area contributed by atoms with Gasteiger partial charge in [0.25, 0.3) is 0 Å². The van der Waals surface area contributed by atoms with E-state index >= 15 is 0 Å². The molecule has 0 aromatic carbocycles. The number of hydrogen-bond acceptors (Lipinski definition) is 1. The van der Waals surface area contributed by atoms with Crippen molar-refractivity contribution in [2.75, 3.05) is 0 Å². The summed E-state index contributed by atoms with van der Waals surface area (Å²) in [5.41, 5.74) is 0. The van der Waals surface area contributed by atoms with E-state index in [1.54, 1.807) is 6.21 Å². The molecule has 1 heteroatoms. The third kappa shape index (κ3) is 2.78. The van der Waals surface area contributed by atoms with Crippen LogP contribution >= 0.6 is 0 Å². The van der Waals surface area contributed by atoms with Gasteiger partial charge in [0.15, 0.2) is 0 Å². The largest absolute Gasteiger partial charge is 0.313 e. The zero-order valence-corrected chi connectivity index (χ0v) is 5.78. The van der Waals surface area contributed by atoms with Crippen molar-refractivity contribution in [3.05, 3.63) is 0 Å². The van der Waals surface area contributed by atoms with Gasteiger partial charge in [-0.3, -0.25) is 0 Å². The first-order chi connectivity index (χ1) is 3.85. The lowest BCUT2D eigenvalue weighted by Gasteiger charge is -2.03. The van der Waals surface area contributed by atoms with Gasteiger partial charge >= 0.3 is 0 Å². The van der Waals surface area contributed by atoms with E-state index in [0.29, 0.717) is 5.92 Å². The van der Waals surface area contributed by atoms with Crippen LogP contribution in [0.25, 0.3) is 0 Å². The van der Waals surface area contributed by atoms with E-state index in [2.05, 4.69) is 13.8 Å². The van der Waals surface area contributed by atoms with Crippen LogP contribution in [-0.2, 0) is 0 Å². The molecule has 0 spiro atoms. The molecule has 0 amide bonds. The summed E-state index contributed by atoms with van der Waals surface area (Å²) >= 11 is 0. The van der Waals surface area contributed by atoms with E-state index in [-0.39, 0.29) is 0 Å². The number of hydrogen-bond donors (Lipinski definition) is 1. The quantitative estimate of drug-likeness (QED) is 0.541. The Hall–Kier alpha value is -0.330. The van der Waals surface area contributed by atoms with Crippen LogP contribution in [0.2, 0.25) is 0 Å². The van der Waals surface area contributed by atoms with Crippen molar-refractivity contribution >= 4 is 6.21 Å². The van der Waals surface area contributed by atoms with Crippen LogP contribution in [0, 0.1) is 11.3 Å². The highest BCUT2D eigenvalue weighted by atomic mass is 14.3. The van der Waals surface area contributed by atoms with Crippen molar-refractivity contribution in [3.8, 4) is 0 Å². The van der Waals surface area contributed by atoms with E-state index in [9.17, 15) is 0 Å². The summed E-state index contributed by atoms with van der Waals surface area (Å²) in [5.74, 6) is 0.542. The predicted octanol–water partition coefficient (Wildman–Crippen LogP) is 2.46. The molecular formula is C7H15N. The Balaban J connectivity index is 3.21. The fraction of sp³-hybridized carbons (Fsp3) is 0.857. The van der Waals surface area contributed by atoms with Gasteiger partial charge < -0.3 is 5.41 Å². The standard InChI is InChI=1S/C7H15N/c1-3-5-7(4-2)6-8/h6-8H,3-5H2,1-2H3. The maximum absolute atomic E-state index is 6.94. The van der Waals surface area contributed by atoms with Crippen molar-refractivity contribution in [3.63, 3.8) is 0 Å². The van der Waals surface area contributed by atoms with E-state index in [1.165, 1.54) is 12.8 Å². The Kier molecular flexibility index (Phi) is 4.62. The zero-order valence-electron chi connectivity index (χ0n) is 5.78. The van der Waals surface area contributed by atoms with Crippen LogP contribution in [0.4, 0.5) is 0 Å². The molecular weight excluding hydrogens is 98.1 g/mol. The van der Waals surface area contributed by atoms with Gasteiger partial charge in [-0.15, -0.1) is 0 Å². The summed E-state index contributed by atoms with van der Waals surface area (Å²) in [5, 5.41) is 6.94. The van der Waals surface area contributed by atoms with E-state index in [0.717, 1.165) is 6.42 Å². The summed E-state index contributed by atoms with van der Waals surface area (Å²) < 4.78 is 0. The maximum atomic E-state index is 6.94. The van der Waals surface area contributed by atoms with E-state index in [4.69, 9.17) is 5.41 Å². The molecule has 8 heavy (non-hydrogen) atoms. The van der Waals surface area contributed by atoms with Gasteiger partial charge in [-0.25, -0.2) is 0 Å². The first-order valence-electron chi connectivity index (χ1n) is 3.35. The molecule has 0 aliphatic carbocycles. The van der Waals surface area contributed by atoms with Crippen LogP contribution in [-0.4, -0.2) is 6.21 Å². The van der Waals surface area contributed by atoms with Crippen molar-refractivity contribution < 1.29 is 0 Å². The van der Waals surface area contributed by atoms with Gasteiger partial charge in [-0.2, -0.15) is 0 Å². The Morgan fingerprint density at radius 1 is 1.50 bits per heavy atom. The summed E-state index contributed by atoms with van der Waals surface area (Å²) in [6, 6.07) is 0. The van der Waals surface area contributed by atoms with Crippen LogP contribution in [0.3, 0.4) is 0 Å². The second-order valence-electron chi connectivity index (χ2n) is 2.12. The molecule has 0 saturated carbocycles. The highest BCUT2D eigenvalue weighted by Gasteiger charge is 1.97. The molecule has 0 saturated heterocycles. The van der Waals surface area contributed by atoms with Crippen molar-refractivity contribution in [1.82, 2.24) is 0 Å². The smallest absolute Gasteiger partial charge is 0.00168 e. The minimum atomic E-state index is 0.542. The Morgan fingerprint density at radius 3 is 2.25 bits per heavy atom. The molecule has 0 heterocycles. The maximum Gasteiger partial charge on any atom is -0.00168 e. The van der Waals surface area contributed by atoms with Crippen molar-refractivity contribution in [1.29, 1.82) is 5.41 Å². The van der Waals surface area contributed by atoms with Crippen LogP contribution in [0.5, 0.6) is 0 Å². The second kappa shape index (κ2) is 4.82. The van der Waals surface area contributed by atoms with E-state index < -0.39 is 0 Å². The predicted molar refractivity (Wildman–Crippen MR) is 37.5 cm³/mol. The first kappa shape index (κ1) is 7.67. The topological polar surface area (TPSA) is 23.9 Å². The lowest BCUT2D eigenvalue weighted by atomic mass is 10.0. The molecule has 1 N–H and O–H groups in total. The molecule has 0 aromatic rings. The van der Waals surface area contributed by atoms with Gasteiger partial charge in [0.05, 0.1) is 0 Å². The highest BCUT2D eigenvalue weighted by molar-refractivity contribution is 5.56. The average Bonchev–Trinajstić information content (AvgIpc) is 1.83. The minimum Gasteiger partial charge on any atom is -0.313 e.